The first-order valence-corrected chi connectivity index (χ1v) is 18.7. The van der Waals surface area contributed by atoms with Crippen molar-refractivity contribution >= 4 is 44.4 Å². The third kappa shape index (κ3) is 5.17. The third-order valence-electron chi connectivity index (χ3n) is 11.6. The Labute approximate surface area is 311 Å². The van der Waals surface area contributed by atoms with E-state index in [0.29, 0.717) is 5.92 Å². The van der Waals surface area contributed by atoms with E-state index in [1.165, 1.54) is 66.5 Å². The van der Waals surface area contributed by atoms with Gasteiger partial charge in [-0.25, -0.2) is 0 Å². The van der Waals surface area contributed by atoms with Gasteiger partial charge >= 0.3 is 0 Å². The minimum Gasteiger partial charge on any atom is -0.311 e. The van der Waals surface area contributed by atoms with Crippen molar-refractivity contribution in [1.82, 2.24) is 4.57 Å². The molecule has 0 radical (unpaired) electrons. The van der Waals surface area contributed by atoms with Crippen LogP contribution in [0, 0.1) is 0 Å². The molecule has 1 heterocycles. The molecule has 0 aliphatic heterocycles. The van der Waals surface area contributed by atoms with Gasteiger partial charge in [-0.3, -0.25) is 0 Å². The van der Waals surface area contributed by atoms with E-state index < -0.39 is 0 Å². The number of hydrogen-bond donors (Lipinski definition) is 0. The first-order valence-electron chi connectivity index (χ1n) is 18.7. The van der Waals surface area contributed by atoms with Gasteiger partial charge in [0.1, 0.15) is 0 Å². The van der Waals surface area contributed by atoms with Crippen LogP contribution in [0.3, 0.4) is 0 Å². The van der Waals surface area contributed by atoms with Crippen LogP contribution >= 0.6 is 0 Å². The van der Waals surface area contributed by atoms with E-state index >= 15 is 0 Å². The molecular formula is C51H40N2. The topological polar surface area (TPSA) is 8.17 Å². The minimum atomic E-state index is 0.0541. The van der Waals surface area contributed by atoms with E-state index in [2.05, 4.69) is 211 Å². The van der Waals surface area contributed by atoms with Gasteiger partial charge in [-0.1, -0.05) is 135 Å². The van der Waals surface area contributed by atoms with Crippen molar-refractivity contribution in [3.63, 3.8) is 0 Å². The highest BCUT2D eigenvalue weighted by Gasteiger charge is 2.38. The van der Waals surface area contributed by atoms with Gasteiger partial charge in [-0.2, -0.15) is 0 Å². The molecule has 0 saturated carbocycles. The van der Waals surface area contributed by atoms with Gasteiger partial charge in [0.25, 0.3) is 0 Å². The van der Waals surface area contributed by atoms with Crippen molar-refractivity contribution in [3.8, 4) is 16.8 Å². The molecule has 0 fully saturated rings. The van der Waals surface area contributed by atoms with Gasteiger partial charge < -0.3 is 9.47 Å². The van der Waals surface area contributed by atoms with E-state index in [1.54, 1.807) is 0 Å². The van der Waals surface area contributed by atoms with E-state index in [4.69, 9.17) is 0 Å². The van der Waals surface area contributed by atoms with E-state index in [0.717, 1.165) is 23.5 Å². The molecule has 0 bridgehead atoms. The van der Waals surface area contributed by atoms with Crippen LogP contribution in [0.1, 0.15) is 42.9 Å². The average molecular weight is 681 g/mol. The number of allylic oxidation sites excluding steroid dienone is 4. The molecule has 8 aromatic rings. The second-order valence-electron chi connectivity index (χ2n) is 15.0. The Morgan fingerprint density at radius 1 is 0.547 bits per heavy atom. The van der Waals surface area contributed by atoms with Crippen molar-refractivity contribution in [1.29, 1.82) is 0 Å². The number of fused-ring (bicyclic) bond motifs is 5. The molecule has 254 valence electrons. The highest BCUT2D eigenvalue weighted by Crippen LogP contribution is 2.52. The molecule has 2 aliphatic carbocycles. The van der Waals surface area contributed by atoms with Crippen LogP contribution in [0.5, 0.6) is 0 Å². The van der Waals surface area contributed by atoms with Crippen LogP contribution in [0.25, 0.3) is 44.2 Å². The molecule has 0 N–H and O–H groups in total. The van der Waals surface area contributed by atoms with Gasteiger partial charge in [0.05, 0.1) is 11.0 Å². The Bertz CT molecular complexity index is 2690. The molecule has 0 amide bonds. The summed E-state index contributed by atoms with van der Waals surface area (Å²) in [5.41, 5.74) is 16.7. The molecular weight excluding hydrogens is 641 g/mol. The lowest BCUT2D eigenvalue weighted by atomic mass is 9.78. The fourth-order valence-corrected chi connectivity index (χ4v) is 8.92. The van der Waals surface area contributed by atoms with Crippen molar-refractivity contribution in [2.24, 2.45) is 0 Å². The maximum atomic E-state index is 2.42. The summed E-state index contributed by atoms with van der Waals surface area (Å²) in [5, 5.41) is 2.53. The standard InChI is InChI=1S/C51H40N2/c1-51(2)47-19-11-9-17-43(47)45-33-37(25-31-48(45)51)35-21-27-41(28-22-35)52(39-13-5-3-6-14-39)42-29-23-36(24-30-42)38-26-32-50-46(34-38)44-18-10-12-20-49(44)53(50)40-15-7-4-8-16-40/h3-32,34,37H,33H2,1-2H3/t37-/m1/s1. The normalized spacial score (nSPS) is 15.8. The summed E-state index contributed by atoms with van der Waals surface area (Å²) in [6.07, 6.45) is 5.86. The summed E-state index contributed by atoms with van der Waals surface area (Å²) in [5.74, 6) is 0.355. The summed E-state index contributed by atoms with van der Waals surface area (Å²) in [4.78, 5) is 2.36. The summed E-state index contributed by atoms with van der Waals surface area (Å²) in [7, 11) is 0. The zero-order valence-corrected chi connectivity index (χ0v) is 30.1. The molecule has 7 aromatic carbocycles. The highest BCUT2D eigenvalue weighted by molar-refractivity contribution is 6.10. The number of hydrogen-bond acceptors (Lipinski definition) is 1. The second kappa shape index (κ2) is 12.4. The van der Waals surface area contributed by atoms with E-state index in [-0.39, 0.29) is 5.41 Å². The predicted octanol–water partition coefficient (Wildman–Crippen LogP) is 13.7. The Kier molecular flexibility index (Phi) is 7.33. The van der Waals surface area contributed by atoms with Crippen LogP contribution in [0.2, 0.25) is 0 Å². The van der Waals surface area contributed by atoms with E-state index in [9.17, 15) is 0 Å². The predicted molar refractivity (Wildman–Crippen MR) is 224 cm³/mol. The Hall–Kier alpha value is -6.38. The van der Waals surface area contributed by atoms with Crippen LogP contribution in [-0.2, 0) is 5.41 Å². The van der Waals surface area contributed by atoms with Gasteiger partial charge in [0.15, 0.2) is 0 Å². The fourth-order valence-electron chi connectivity index (χ4n) is 8.92. The van der Waals surface area contributed by atoms with Crippen LogP contribution in [-0.4, -0.2) is 4.57 Å². The molecule has 2 nitrogen and oxygen atoms in total. The maximum Gasteiger partial charge on any atom is 0.0541 e. The Balaban J connectivity index is 0.968. The summed E-state index contributed by atoms with van der Waals surface area (Å²) < 4.78 is 2.37. The van der Waals surface area contributed by atoms with Crippen LogP contribution < -0.4 is 4.90 Å². The largest absolute Gasteiger partial charge is 0.311 e. The lowest BCUT2D eigenvalue weighted by Crippen LogP contribution is -2.17. The molecule has 0 unspecified atom stereocenters. The van der Waals surface area contributed by atoms with Crippen molar-refractivity contribution in [2.45, 2.75) is 31.6 Å². The smallest absolute Gasteiger partial charge is 0.0541 e. The molecule has 2 heteroatoms. The molecule has 10 rings (SSSR count). The quantitative estimate of drug-likeness (QED) is 0.170. The summed E-state index contributed by atoms with van der Waals surface area (Å²) in [6, 6.07) is 64.2. The van der Waals surface area contributed by atoms with Gasteiger partial charge in [-0.15, -0.1) is 0 Å². The number of para-hydroxylation sites is 3. The number of anilines is 3. The summed E-state index contributed by atoms with van der Waals surface area (Å²) in [6.45, 7) is 4.73. The minimum absolute atomic E-state index is 0.0541. The zero-order chi connectivity index (χ0) is 35.5. The maximum absolute atomic E-state index is 2.42. The summed E-state index contributed by atoms with van der Waals surface area (Å²) >= 11 is 0. The SMILES string of the molecule is CC1(C)C2=C(C[C@H](c3ccc(N(c4ccccc4)c4ccc(-c5ccc6c(c5)c5ccccc5n6-c5ccccc5)cc4)cc3)C=C2)c2ccccc21. The lowest BCUT2D eigenvalue weighted by molar-refractivity contribution is 0.649. The fraction of sp³-hybridized carbons (Fsp3) is 0.0980. The molecule has 2 aliphatic rings. The van der Waals surface area contributed by atoms with Crippen molar-refractivity contribution < 1.29 is 0 Å². The molecule has 0 spiro atoms. The number of benzene rings is 7. The molecule has 1 atom stereocenters. The third-order valence-corrected chi connectivity index (χ3v) is 11.6. The van der Waals surface area contributed by atoms with E-state index in [1.807, 2.05) is 0 Å². The first kappa shape index (κ1) is 31.4. The van der Waals surface area contributed by atoms with Crippen molar-refractivity contribution in [2.75, 3.05) is 4.90 Å². The molecule has 0 saturated heterocycles. The zero-order valence-electron chi connectivity index (χ0n) is 30.1. The molecule has 53 heavy (non-hydrogen) atoms. The van der Waals surface area contributed by atoms with Crippen molar-refractivity contribution in [3.05, 3.63) is 210 Å². The van der Waals surface area contributed by atoms with Crippen LogP contribution in [0.15, 0.2) is 194 Å². The monoisotopic (exact) mass is 680 g/mol. The Morgan fingerprint density at radius 3 is 1.92 bits per heavy atom. The highest BCUT2D eigenvalue weighted by atomic mass is 15.1. The van der Waals surface area contributed by atoms with Gasteiger partial charge in [0, 0.05) is 44.9 Å². The van der Waals surface area contributed by atoms with Gasteiger partial charge in [0.2, 0.25) is 0 Å². The Morgan fingerprint density at radius 2 is 1.15 bits per heavy atom. The molecule has 1 aromatic heterocycles. The first-order chi connectivity index (χ1) is 26.0. The number of nitrogens with zero attached hydrogens (tertiary/aromatic N) is 2. The van der Waals surface area contributed by atoms with Gasteiger partial charge in [-0.05, 0) is 112 Å². The number of rotatable bonds is 6. The lowest BCUT2D eigenvalue weighted by Gasteiger charge is -2.27. The number of aromatic nitrogens is 1. The second-order valence-corrected chi connectivity index (χ2v) is 15.0. The average Bonchev–Trinajstić information content (AvgIpc) is 3.67. The van der Waals surface area contributed by atoms with Crippen LogP contribution in [0.4, 0.5) is 17.1 Å².